The first-order chi connectivity index (χ1) is 7.71. The molecule has 1 aromatic rings. The lowest BCUT2D eigenvalue weighted by Crippen LogP contribution is -2.22. The molecule has 0 heterocycles. The summed E-state index contributed by atoms with van der Waals surface area (Å²) in [7, 11) is 0. The van der Waals surface area contributed by atoms with Crippen LogP contribution in [-0.2, 0) is 15.8 Å². The molecule has 0 aromatic heterocycles. The van der Waals surface area contributed by atoms with E-state index in [0.717, 1.165) is 18.2 Å². The van der Waals surface area contributed by atoms with Crippen LogP contribution >= 0.6 is 0 Å². The van der Waals surface area contributed by atoms with Crippen LogP contribution in [0, 0.1) is 6.92 Å². The third-order valence-corrected chi connectivity index (χ3v) is 2.00. The zero-order chi connectivity index (χ0) is 13.2. The van der Waals surface area contributed by atoms with Gasteiger partial charge in [0.25, 0.3) is 0 Å². The minimum atomic E-state index is -4.47. The van der Waals surface area contributed by atoms with E-state index in [2.05, 4.69) is 0 Å². The Balaban J connectivity index is 2.99. The van der Waals surface area contributed by atoms with Crippen LogP contribution in [0.25, 0.3) is 0 Å². The number of aliphatic carboxylic acids is 1. The quantitative estimate of drug-likeness (QED) is 0.746. The number of alkyl halides is 3. The Kier molecular flexibility index (Phi) is 3.40. The van der Waals surface area contributed by atoms with E-state index < -0.39 is 23.6 Å². The first-order valence-corrected chi connectivity index (χ1v) is 4.44. The lowest BCUT2D eigenvalue weighted by atomic mass is 10.1. The van der Waals surface area contributed by atoms with Gasteiger partial charge >= 0.3 is 18.1 Å². The molecule has 0 fully saturated rings. The lowest BCUT2D eigenvalue weighted by molar-refractivity contribution is -0.147. The van der Waals surface area contributed by atoms with Gasteiger partial charge in [-0.05, 0) is 30.7 Å². The van der Waals surface area contributed by atoms with E-state index in [0.29, 0.717) is 0 Å². The number of anilines is 1. The summed E-state index contributed by atoms with van der Waals surface area (Å²) in [6.07, 6.45) is -4.47. The van der Waals surface area contributed by atoms with Gasteiger partial charge in [0.05, 0.1) is 5.56 Å². The van der Waals surface area contributed by atoms with Crippen molar-refractivity contribution in [1.29, 1.82) is 0 Å². The highest BCUT2D eigenvalue weighted by atomic mass is 19.4. The number of carbonyl (C=O) groups is 2. The summed E-state index contributed by atoms with van der Waals surface area (Å²) in [6.45, 7) is 1.34. The highest BCUT2D eigenvalue weighted by molar-refractivity contribution is 6.36. The number of rotatable bonds is 1. The molecule has 4 nitrogen and oxygen atoms in total. The Bertz CT molecular complexity index is 468. The maximum atomic E-state index is 12.3. The first kappa shape index (κ1) is 13.0. The molecule has 0 bridgehead atoms. The summed E-state index contributed by atoms with van der Waals surface area (Å²) >= 11 is 0. The molecule has 0 saturated carbocycles. The number of aryl methyl sites for hydroxylation is 1. The largest absolute Gasteiger partial charge is 0.474 e. The zero-order valence-electron chi connectivity index (χ0n) is 8.63. The van der Waals surface area contributed by atoms with Crippen molar-refractivity contribution in [3.05, 3.63) is 29.3 Å². The number of carboxylic acid groups (broad SMARTS) is 1. The van der Waals surface area contributed by atoms with Crippen molar-refractivity contribution in [2.24, 2.45) is 0 Å². The van der Waals surface area contributed by atoms with Gasteiger partial charge in [-0.1, -0.05) is 0 Å². The molecule has 1 rings (SSSR count). The average Bonchev–Trinajstić information content (AvgIpc) is 2.19. The number of hydrogen-bond acceptors (Lipinski definition) is 2. The van der Waals surface area contributed by atoms with Crippen LogP contribution in [0.15, 0.2) is 18.2 Å². The van der Waals surface area contributed by atoms with Gasteiger partial charge in [0.2, 0.25) is 0 Å². The number of hydrogen-bond donors (Lipinski definition) is 2. The molecule has 92 valence electrons. The van der Waals surface area contributed by atoms with E-state index >= 15 is 0 Å². The number of carbonyl (C=O) groups excluding carboxylic acids is 1. The number of nitrogens with one attached hydrogen (secondary N) is 1. The van der Waals surface area contributed by atoms with Crippen LogP contribution in [-0.4, -0.2) is 17.0 Å². The van der Waals surface area contributed by atoms with Crippen molar-refractivity contribution in [2.75, 3.05) is 5.32 Å². The Morgan fingerprint density at radius 1 is 1.29 bits per heavy atom. The fourth-order valence-corrected chi connectivity index (χ4v) is 1.16. The third kappa shape index (κ3) is 3.20. The minimum absolute atomic E-state index is 0.0328. The molecular formula is C10H8F3NO3. The van der Waals surface area contributed by atoms with Gasteiger partial charge < -0.3 is 10.4 Å². The van der Waals surface area contributed by atoms with Gasteiger partial charge in [0.15, 0.2) is 0 Å². The van der Waals surface area contributed by atoms with Crippen molar-refractivity contribution >= 4 is 17.6 Å². The molecule has 0 unspecified atom stereocenters. The molecule has 0 saturated heterocycles. The van der Waals surface area contributed by atoms with E-state index in [-0.39, 0.29) is 11.3 Å². The Morgan fingerprint density at radius 3 is 2.29 bits per heavy atom. The van der Waals surface area contributed by atoms with Crippen molar-refractivity contribution in [2.45, 2.75) is 13.1 Å². The second-order valence-electron chi connectivity index (χ2n) is 3.29. The Hall–Kier alpha value is -2.05. The molecule has 17 heavy (non-hydrogen) atoms. The molecule has 1 aromatic carbocycles. The van der Waals surface area contributed by atoms with E-state index in [4.69, 9.17) is 5.11 Å². The predicted octanol–water partition coefficient (Wildman–Crippen LogP) is 2.04. The summed E-state index contributed by atoms with van der Waals surface area (Å²) in [5.74, 6) is -3.00. The predicted molar refractivity (Wildman–Crippen MR) is 52.4 cm³/mol. The fraction of sp³-hybridized carbons (Fsp3) is 0.200. The van der Waals surface area contributed by atoms with Crippen molar-refractivity contribution in [3.8, 4) is 0 Å². The van der Waals surface area contributed by atoms with Crippen molar-refractivity contribution < 1.29 is 27.9 Å². The molecule has 7 heteroatoms. The molecule has 0 aliphatic rings. The van der Waals surface area contributed by atoms with E-state index in [1.807, 2.05) is 5.32 Å². The summed E-state index contributed by atoms with van der Waals surface area (Å²) in [5.41, 5.74) is -0.692. The second kappa shape index (κ2) is 4.44. The Labute approximate surface area is 94.1 Å². The fourth-order valence-electron chi connectivity index (χ4n) is 1.16. The van der Waals surface area contributed by atoms with E-state index in [9.17, 15) is 22.8 Å². The van der Waals surface area contributed by atoms with Crippen LogP contribution in [0.2, 0.25) is 0 Å². The minimum Gasteiger partial charge on any atom is -0.474 e. The molecule has 0 aliphatic heterocycles. The van der Waals surface area contributed by atoms with Gasteiger partial charge in [0, 0.05) is 5.69 Å². The summed E-state index contributed by atoms with van der Waals surface area (Å²) in [5, 5.41) is 10.3. The van der Waals surface area contributed by atoms with Crippen LogP contribution < -0.4 is 5.32 Å². The summed E-state index contributed by atoms with van der Waals surface area (Å²) in [4.78, 5) is 21.1. The molecule has 0 atom stereocenters. The smallest absolute Gasteiger partial charge is 0.416 e. The van der Waals surface area contributed by atoms with Crippen molar-refractivity contribution in [1.82, 2.24) is 0 Å². The van der Waals surface area contributed by atoms with Gasteiger partial charge in [-0.15, -0.1) is 0 Å². The van der Waals surface area contributed by atoms with Crippen LogP contribution in [0.1, 0.15) is 11.1 Å². The molecule has 1 amide bonds. The van der Waals surface area contributed by atoms with Gasteiger partial charge in [0.1, 0.15) is 0 Å². The van der Waals surface area contributed by atoms with Gasteiger partial charge in [-0.25, -0.2) is 4.79 Å². The normalized spacial score (nSPS) is 11.1. The number of amides is 1. The molecular weight excluding hydrogens is 239 g/mol. The molecule has 2 N–H and O–H groups in total. The maximum Gasteiger partial charge on any atom is 0.416 e. The Morgan fingerprint density at radius 2 is 1.88 bits per heavy atom. The average molecular weight is 247 g/mol. The monoisotopic (exact) mass is 247 g/mol. The first-order valence-electron chi connectivity index (χ1n) is 4.44. The van der Waals surface area contributed by atoms with Crippen LogP contribution in [0.5, 0.6) is 0 Å². The number of halogens is 3. The van der Waals surface area contributed by atoms with E-state index in [1.165, 1.54) is 6.92 Å². The summed E-state index contributed by atoms with van der Waals surface area (Å²) in [6, 6.07) is 2.61. The third-order valence-electron chi connectivity index (χ3n) is 2.00. The number of carboxylic acids is 1. The molecule has 0 spiro atoms. The molecule has 0 aliphatic carbocycles. The summed E-state index contributed by atoms with van der Waals surface area (Å²) < 4.78 is 36.9. The SMILES string of the molecule is Cc1cc(C(F)(F)F)ccc1NC(=O)C(=O)O. The zero-order valence-corrected chi connectivity index (χ0v) is 8.63. The van der Waals surface area contributed by atoms with E-state index in [1.54, 1.807) is 0 Å². The topological polar surface area (TPSA) is 66.4 Å². The second-order valence-corrected chi connectivity index (χ2v) is 3.29. The maximum absolute atomic E-state index is 12.3. The highest BCUT2D eigenvalue weighted by Gasteiger charge is 2.30. The van der Waals surface area contributed by atoms with Gasteiger partial charge in [-0.2, -0.15) is 13.2 Å². The lowest BCUT2D eigenvalue weighted by Gasteiger charge is -2.10. The van der Waals surface area contributed by atoms with Crippen LogP contribution in [0.3, 0.4) is 0 Å². The van der Waals surface area contributed by atoms with Crippen molar-refractivity contribution in [3.63, 3.8) is 0 Å². The standard InChI is InChI=1S/C10H8F3NO3/c1-5-4-6(10(11,12)13)2-3-7(5)14-8(15)9(16)17/h2-4H,1H3,(H,14,15)(H,16,17). The van der Waals surface area contributed by atoms with Gasteiger partial charge in [-0.3, -0.25) is 4.79 Å². The van der Waals surface area contributed by atoms with Crippen LogP contribution in [0.4, 0.5) is 18.9 Å². The highest BCUT2D eigenvalue weighted by Crippen LogP contribution is 2.31. The number of benzene rings is 1. The molecule has 0 radical (unpaired) electrons.